The predicted octanol–water partition coefficient (Wildman–Crippen LogP) is 2.75. The SMILES string of the molecule is c1ccc(-c2cccc3c2N[C@@H]2NC32)cc1. The van der Waals surface area contributed by atoms with E-state index in [0.717, 1.165) is 0 Å². The second-order valence-corrected chi connectivity index (χ2v) is 4.40. The summed E-state index contributed by atoms with van der Waals surface area (Å²) in [6, 6.07) is 17.6. The van der Waals surface area contributed by atoms with Crippen LogP contribution in [0.15, 0.2) is 48.5 Å². The molecule has 4 rings (SSSR count). The highest BCUT2D eigenvalue weighted by molar-refractivity contribution is 5.83. The summed E-state index contributed by atoms with van der Waals surface area (Å²) in [4.78, 5) is 0. The van der Waals surface area contributed by atoms with Gasteiger partial charge in [-0.3, -0.25) is 5.32 Å². The first kappa shape index (κ1) is 8.36. The van der Waals surface area contributed by atoms with Gasteiger partial charge in [0.1, 0.15) is 0 Å². The lowest BCUT2D eigenvalue weighted by molar-refractivity contribution is 1.08. The van der Waals surface area contributed by atoms with Crippen molar-refractivity contribution in [2.75, 3.05) is 5.32 Å². The van der Waals surface area contributed by atoms with E-state index in [2.05, 4.69) is 59.2 Å². The Morgan fingerprint density at radius 2 is 1.75 bits per heavy atom. The second-order valence-electron chi connectivity index (χ2n) is 4.40. The Morgan fingerprint density at radius 1 is 0.875 bits per heavy atom. The molecule has 0 aromatic heterocycles. The van der Waals surface area contributed by atoms with E-state index in [1.54, 1.807) is 0 Å². The monoisotopic (exact) mass is 208 g/mol. The maximum atomic E-state index is 3.53. The van der Waals surface area contributed by atoms with Crippen LogP contribution in [0.25, 0.3) is 11.1 Å². The molecule has 2 nitrogen and oxygen atoms in total. The Hall–Kier alpha value is -1.80. The number of rotatable bonds is 1. The summed E-state index contributed by atoms with van der Waals surface area (Å²) in [5.74, 6) is 0. The van der Waals surface area contributed by atoms with E-state index < -0.39 is 0 Å². The first-order valence-corrected chi connectivity index (χ1v) is 5.64. The molecule has 0 aliphatic carbocycles. The number of hydrogen-bond acceptors (Lipinski definition) is 2. The summed E-state index contributed by atoms with van der Waals surface area (Å²) in [6.45, 7) is 0. The van der Waals surface area contributed by atoms with Gasteiger partial charge in [-0.05, 0) is 11.1 Å². The molecule has 16 heavy (non-hydrogen) atoms. The molecule has 2 heteroatoms. The summed E-state index contributed by atoms with van der Waals surface area (Å²) in [5, 5.41) is 6.92. The zero-order chi connectivity index (χ0) is 10.5. The molecule has 0 saturated carbocycles. The molecular formula is C14H12N2. The van der Waals surface area contributed by atoms with Crippen LogP contribution in [-0.2, 0) is 0 Å². The first-order valence-electron chi connectivity index (χ1n) is 5.64. The second kappa shape index (κ2) is 2.86. The van der Waals surface area contributed by atoms with Gasteiger partial charge in [0.25, 0.3) is 0 Å². The fraction of sp³-hybridized carbons (Fsp3) is 0.143. The first-order chi connectivity index (χ1) is 7.93. The van der Waals surface area contributed by atoms with Crippen molar-refractivity contribution in [3.05, 3.63) is 54.1 Å². The molecule has 0 bridgehead atoms. The zero-order valence-corrected chi connectivity index (χ0v) is 8.77. The van der Waals surface area contributed by atoms with Crippen LogP contribution < -0.4 is 10.6 Å². The van der Waals surface area contributed by atoms with Crippen molar-refractivity contribution in [2.24, 2.45) is 0 Å². The minimum Gasteiger partial charge on any atom is -0.367 e. The van der Waals surface area contributed by atoms with E-state index in [9.17, 15) is 0 Å². The third-order valence-corrected chi connectivity index (χ3v) is 3.40. The number of hydrogen-bond donors (Lipinski definition) is 2. The third kappa shape index (κ3) is 1.05. The zero-order valence-electron chi connectivity index (χ0n) is 8.77. The van der Waals surface area contributed by atoms with Crippen LogP contribution in [0.2, 0.25) is 0 Å². The van der Waals surface area contributed by atoms with Gasteiger partial charge in [0, 0.05) is 11.3 Å². The van der Waals surface area contributed by atoms with Gasteiger partial charge < -0.3 is 5.32 Å². The summed E-state index contributed by atoms with van der Waals surface area (Å²) in [5.41, 5.74) is 5.31. The standard InChI is InChI=1S/C14H12N2/c1-2-5-9(6-3-1)10-7-4-8-11-12(10)15-14-13(11)16-14/h1-8,13-16H/t13?,14-/m1/s1. The van der Waals surface area contributed by atoms with E-state index >= 15 is 0 Å². The Morgan fingerprint density at radius 3 is 2.62 bits per heavy atom. The van der Waals surface area contributed by atoms with Crippen LogP contribution in [0.3, 0.4) is 0 Å². The number of anilines is 1. The molecule has 2 aliphatic rings. The molecular weight excluding hydrogens is 196 g/mol. The molecule has 2 aromatic carbocycles. The van der Waals surface area contributed by atoms with Crippen molar-refractivity contribution in [1.82, 2.24) is 5.32 Å². The summed E-state index contributed by atoms with van der Waals surface area (Å²) >= 11 is 0. The van der Waals surface area contributed by atoms with Gasteiger partial charge in [-0.25, -0.2) is 0 Å². The number of nitrogens with one attached hydrogen (secondary N) is 2. The highest BCUT2D eigenvalue weighted by Gasteiger charge is 2.45. The lowest BCUT2D eigenvalue weighted by atomic mass is 10.0. The minimum absolute atomic E-state index is 0.472. The molecule has 1 fully saturated rings. The fourth-order valence-corrected chi connectivity index (χ4v) is 2.54. The van der Waals surface area contributed by atoms with Gasteiger partial charge in [-0.15, -0.1) is 0 Å². The third-order valence-electron chi connectivity index (χ3n) is 3.40. The van der Waals surface area contributed by atoms with E-state index in [0.29, 0.717) is 12.2 Å². The maximum Gasteiger partial charge on any atom is 0.0975 e. The van der Waals surface area contributed by atoms with E-state index in [1.165, 1.54) is 22.4 Å². The molecule has 78 valence electrons. The van der Waals surface area contributed by atoms with E-state index in [1.807, 2.05) is 0 Å². The van der Waals surface area contributed by atoms with E-state index in [4.69, 9.17) is 0 Å². The minimum atomic E-state index is 0.472. The quantitative estimate of drug-likeness (QED) is 0.706. The summed E-state index contributed by atoms with van der Waals surface area (Å²) in [7, 11) is 0. The van der Waals surface area contributed by atoms with Crippen molar-refractivity contribution >= 4 is 5.69 Å². The molecule has 2 N–H and O–H groups in total. The average molecular weight is 208 g/mol. The number of para-hydroxylation sites is 1. The van der Waals surface area contributed by atoms with Crippen molar-refractivity contribution < 1.29 is 0 Å². The van der Waals surface area contributed by atoms with Crippen LogP contribution in [0.4, 0.5) is 5.69 Å². The maximum absolute atomic E-state index is 3.53. The van der Waals surface area contributed by atoms with Gasteiger partial charge in [0.15, 0.2) is 0 Å². The Labute approximate surface area is 94.3 Å². The highest BCUT2D eigenvalue weighted by Crippen LogP contribution is 2.46. The molecule has 2 aliphatic heterocycles. The van der Waals surface area contributed by atoms with Gasteiger partial charge in [-0.1, -0.05) is 48.5 Å². The van der Waals surface area contributed by atoms with Crippen LogP contribution >= 0.6 is 0 Å². The molecule has 2 aromatic rings. The smallest absolute Gasteiger partial charge is 0.0975 e. The number of benzene rings is 2. The summed E-state index contributed by atoms with van der Waals surface area (Å²) in [6.07, 6.45) is 0.472. The fourth-order valence-electron chi connectivity index (χ4n) is 2.54. The highest BCUT2D eigenvalue weighted by atomic mass is 15.3. The van der Waals surface area contributed by atoms with Gasteiger partial charge >= 0.3 is 0 Å². The van der Waals surface area contributed by atoms with Gasteiger partial charge in [-0.2, -0.15) is 0 Å². The topological polar surface area (TPSA) is 34.0 Å². The molecule has 0 amide bonds. The van der Waals surface area contributed by atoms with Crippen LogP contribution in [0.5, 0.6) is 0 Å². The van der Waals surface area contributed by atoms with E-state index in [-0.39, 0.29) is 0 Å². The molecule has 2 heterocycles. The van der Waals surface area contributed by atoms with Gasteiger partial charge in [0.2, 0.25) is 0 Å². The Balaban J connectivity index is 1.91. The predicted molar refractivity (Wildman–Crippen MR) is 65.2 cm³/mol. The normalized spacial score (nSPS) is 24.5. The van der Waals surface area contributed by atoms with Crippen molar-refractivity contribution in [2.45, 2.75) is 12.2 Å². The van der Waals surface area contributed by atoms with Crippen LogP contribution in [0.1, 0.15) is 11.6 Å². The lowest BCUT2D eigenvalue weighted by Crippen LogP contribution is -2.05. The number of fused-ring (bicyclic) bond motifs is 3. The van der Waals surface area contributed by atoms with Crippen molar-refractivity contribution in [1.29, 1.82) is 0 Å². The largest absolute Gasteiger partial charge is 0.367 e. The molecule has 1 saturated heterocycles. The lowest BCUT2D eigenvalue weighted by Gasteiger charge is -2.11. The summed E-state index contributed by atoms with van der Waals surface area (Å²) < 4.78 is 0. The van der Waals surface area contributed by atoms with Crippen LogP contribution in [-0.4, -0.2) is 6.17 Å². The molecule has 0 spiro atoms. The Kier molecular flexibility index (Phi) is 1.50. The molecule has 0 radical (unpaired) electrons. The molecule has 1 unspecified atom stereocenters. The van der Waals surface area contributed by atoms with Crippen molar-refractivity contribution in [3.8, 4) is 11.1 Å². The van der Waals surface area contributed by atoms with Crippen molar-refractivity contribution in [3.63, 3.8) is 0 Å². The Bertz CT molecular complexity index is 548. The average Bonchev–Trinajstić information content (AvgIpc) is 3.02. The molecule has 2 atom stereocenters. The van der Waals surface area contributed by atoms with Crippen LogP contribution in [0, 0.1) is 0 Å². The van der Waals surface area contributed by atoms with Gasteiger partial charge in [0.05, 0.1) is 12.2 Å².